The average molecular weight is 396 g/mol. The summed E-state index contributed by atoms with van der Waals surface area (Å²) in [5.41, 5.74) is 0. The Hall–Kier alpha value is -2.38. The molecule has 0 aromatic carbocycles. The third-order valence-corrected chi connectivity index (χ3v) is 4.92. The molecule has 0 spiro atoms. The van der Waals surface area contributed by atoms with Crippen LogP contribution in [0.25, 0.3) is 0 Å². The molecular weight excluding hydrogens is 364 g/mol. The van der Waals surface area contributed by atoms with Crippen molar-refractivity contribution < 1.29 is 29.4 Å². The van der Waals surface area contributed by atoms with Crippen LogP contribution < -0.4 is 5.32 Å². The predicted molar refractivity (Wildman–Crippen MR) is 104 cm³/mol. The minimum Gasteiger partial charge on any atom is -0.481 e. The van der Waals surface area contributed by atoms with E-state index < -0.39 is 36.4 Å². The molecule has 28 heavy (non-hydrogen) atoms. The molecule has 0 unspecified atom stereocenters. The molecule has 2 atom stereocenters. The number of carbonyl (C=O) groups is 4. The van der Waals surface area contributed by atoms with E-state index >= 15 is 0 Å². The van der Waals surface area contributed by atoms with E-state index in [2.05, 4.69) is 11.9 Å². The molecular formula is C20H32N2O6. The standard InChI is InChI=1S/C20H32N2O6/c1-2-3-4-5-6-7-8-9-12-17(23)22-13-10-11-16(22)19(26)21-15(20(27)28)14-18(24)25/h2,15-16H,1,3-14H2,(H,21,26)(H,24,25)(H,27,28)/t15-,16-/m0/s1. The molecule has 8 nitrogen and oxygen atoms in total. The fraction of sp³-hybridized carbons (Fsp3) is 0.700. The molecule has 0 aromatic heterocycles. The predicted octanol–water partition coefficient (Wildman–Crippen LogP) is 2.33. The zero-order chi connectivity index (χ0) is 20.9. The van der Waals surface area contributed by atoms with Gasteiger partial charge in [-0.25, -0.2) is 4.79 Å². The molecule has 0 aliphatic carbocycles. The van der Waals surface area contributed by atoms with Crippen LogP contribution in [0.5, 0.6) is 0 Å². The number of rotatable bonds is 14. The van der Waals surface area contributed by atoms with Gasteiger partial charge in [0.05, 0.1) is 6.42 Å². The van der Waals surface area contributed by atoms with Gasteiger partial charge >= 0.3 is 11.9 Å². The second kappa shape index (κ2) is 12.9. The summed E-state index contributed by atoms with van der Waals surface area (Å²) in [6, 6.07) is -2.22. The lowest BCUT2D eigenvalue weighted by Gasteiger charge is -2.25. The number of nitrogens with one attached hydrogen (secondary N) is 1. The molecule has 0 saturated carbocycles. The van der Waals surface area contributed by atoms with Gasteiger partial charge in [0.2, 0.25) is 11.8 Å². The van der Waals surface area contributed by atoms with E-state index in [4.69, 9.17) is 10.2 Å². The van der Waals surface area contributed by atoms with Gasteiger partial charge in [-0.2, -0.15) is 0 Å². The van der Waals surface area contributed by atoms with Crippen LogP contribution in [-0.2, 0) is 19.2 Å². The average Bonchev–Trinajstić information content (AvgIpc) is 3.12. The van der Waals surface area contributed by atoms with E-state index in [1.165, 1.54) is 4.90 Å². The van der Waals surface area contributed by atoms with E-state index in [0.717, 1.165) is 44.9 Å². The van der Waals surface area contributed by atoms with Crippen LogP contribution in [0.4, 0.5) is 0 Å². The van der Waals surface area contributed by atoms with Crippen LogP contribution in [0.15, 0.2) is 12.7 Å². The maximum absolute atomic E-state index is 12.5. The topological polar surface area (TPSA) is 124 Å². The highest BCUT2D eigenvalue weighted by atomic mass is 16.4. The summed E-state index contributed by atoms with van der Waals surface area (Å²) in [7, 11) is 0. The summed E-state index contributed by atoms with van der Waals surface area (Å²) in [6.07, 6.45) is 9.99. The molecule has 1 heterocycles. The van der Waals surface area contributed by atoms with Crippen molar-refractivity contribution in [3.05, 3.63) is 12.7 Å². The first kappa shape index (κ1) is 23.7. The van der Waals surface area contributed by atoms with Gasteiger partial charge in [-0.15, -0.1) is 6.58 Å². The monoisotopic (exact) mass is 396 g/mol. The lowest BCUT2D eigenvalue weighted by molar-refractivity contribution is -0.148. The number of unbranched alkanes of at least 4 members (excludes halogenated alkanes) is 6. The second-order valence-corrected chi connectivity index (χ2v) is 7.19. The number of carboxylic acid groups (broad SMARTS) is 2. The molecule has 1 fully saturated rings. The Labute approximate surface area is 166 Å². The first-order chi connectivity index (χ1) is 13.4. The number of carbonyl (C=O) groups excluding carboxylic acids is 2. The van der Waals surface area contributed by atoms with Crippen LogP contribution >= 0.6 is 0 Å². The largest absolute Gasteiger partial charge is 0.481 e. The lowest BCUT2D eigenvalue weighted by atomic mass is 10.1. The molecule has 0 bridgehead atoms. The van der Waals surface area contributed by atoms with Crippen molar-refractivity contribution in [1.82, 2.24) is 10.2 Å². The summed E-state index contributed by atoms with van der Waals surface area (Å²) in [4.78, 5) is 48.2. The fourth-order valence-corrected chi connectivity index (χ4v) is 3.40. The normalized spacial score (nSPS) is 17.1. The number of hydrogen-bond donors (Lipinski definition) is 3. The summed E-state index contributed by atoms with van der Waals surface area (Å²) in [5.74, 6) is -3.41. The molecule has 8 heteroatoms. The minimum atomic E-state index is -1.50. The van der Waals surface area contributed by atoms with E-state index in [0.29, 0.717) is 25.8 Å². The van der Waals surface area contributed by atoms with Crippen LogP contribution in [0, 0.1) is 0 Å². The quantitative estimate of drug-likeness (QED) is 0.306. The number of carboxylic acids is 2. The van der Waals surface area contributed by atoms with Crippen molar-refractivity contribution in [2.24, 2.45) is 0 Å². The highest BCUT2D eigenvalue weighted by molar-refractivity contribution is 5.92. The fourth-order valence-electron chi connectivity index (χ4n) is 3.40. The molecule has 1 saturated heterocycles. The first-order valence-electron chi connectivity index (χ1n) is 10.0. The number of amides is 2. The van der Waals surface area contributed by atoms with Gasteiger partial charge in [0.15, 0.2) is 0 Å². The smallest absolute Gasteiger partial charge is 0.326 e. The van der Waals surface area contributed by atoms with Crippen molar-refractivity contribution in [2.45, 2.75) is 82.7 Å². The zero-order valence-electron chi connectivity index (χ0n) is 16.4. The van der Waals surface area contributed by atoms with Crippen molar-refractivity contribution in [2.75, 3.05) is 6.54 Å². The summed E-state index contributed by atoms with van der Waals surface area (Å²) >= 11 is 0. The molecule has 0 aromatic rings. The Bertz CT molecular complexity index is 563. The molecule has 1 aliphatic heterocycles. The number of likely N-dealkylation sites (tertiary alicyclic amines) is 1. The number of aliphatic carboxylic acids is 2. The Kier molecular flexibility index (Phi) is 10.9. The maximum Gasteiger partial charge on any atom is 0.326 e. The van der Waals surface area contributed by atoms with Crippen LogP contribution in [0.2, 0.25) is 0 Å². The SMILES string of the molecule is C=CCCCCCCCCC(=O)N1CCC[C@H]1C(=O)N[C@@H](CC(=O)O)C(=O)O. The third-order valence-electron chi connectivity index (χ3n) is 4.92. The summed E-state index contributed by atoms with van der Waals surface area (Å²) in [5, 5.41) is 20.1. The van der Waals surface area contributed by atoms with Gasteiger partial charge in [0.1, 0.15) is 12.1 Å². The maximum atomic E-state index is 12.5. The van der Waals surface area contributed by atoms with Gasteiger partial charge in [0, 0.05) is 13.0 Å². The van der Waals surface area contributed by atoms with Crippen molar-refractivity contribution in [1.29, 1.82) is 0 Å². The molecule has 0 radical (unpaired) electrons. The highest BCUT2D eigenvalue weighted by Gasteiger charge is 2.35. The Balaban J connectivity index is 2.40. The second-order valence-electron chi connectivity index (χ2n) is 7.19. The van der Waals surface area contributed by atoms with Gasteiger partial charge in [-0.3, -0.25) is 14.4 Å². The van der Waals surface area contributed by atoms with Gasteiger partial charge in [-0.1, -0.05) is 31.8 Å². The van der Waals surface area contributed by atoms with Crippen LogP contribution in [0.3, 0.4) is 0 Å². The van der Waals surface area contributed by atoms with Crippen LogP contribution in [-0.4, -0.2) is 57.5 Å². The van der Waals surface area contributed by atoms with E-state index in [1.54, 1.807) is 0 Å². The molecule has 1 rings (SSSR count). The Morgan fingerprint density at radius 1 is 1.07 bits per heavy atom. The number of hydrogen-bond acceptors (Lipinski definition) is 4. The van der Waals surface area contributed by atoms with Crippen molar-refractivity contribution >= 4 is 23.8 Å². The summed E-state index contributed by atoms with van der Waals surface area (Å²) in [6.45, 7) is 4.16. The van der Waals surface area contributed by atoms with Gasteiger partial charge in [-0.05, 0) is 32.1 Å². The molecule has 2 amide bonds. The van der Waals surface area contributed by atoms with E-state index in [9.17, 15) is 19.2 Å². The van der Waals surface area contributed by atoms with E-state index in [-0.39, 0.29) is 5.91 Å². The Morgan fingerprint density at radius 3 is 2.32 bits per heavy atom. The van der Waals surface area contributed by atoms with Crippen molar-refractivity contribution in [3.63, 3.8) is 0 Å². The molecule has 1 aliphatic rings. The molecule has 3 N–H and O–H groups in total. The minimum absolute atomic E-state index is 0.102. The highest BCUT2D eigenvalue weighted by Crippen LogP contribution is 2.20. The van der Waals surface area contributed by atoms with Crippen molar-refractivity contribution in [3.8, 4) is 0 Å². The van der Waals surface area contributed by atoms with Crippen LogP contribution in [0.1, 0.15) is 70.6 Å². The number of allylic oxidation sites excluding steroid dienone is 1. The summed E-state index contributed by atoms with van der Waals surface area (Å²) < 4.78 is 0. The van der Waals surface area contributed by atoms with Gasteiger partial charge in [0.25, 0.3) is 0 Å². The zero-order valence-corrected chi connectivity index (χ0v) is 16.4. The third kappa shape index (κ3) is 8.54. The van der Waals surface area contributed by atoms with Gasteiger partial charge < -0.3 is 20.4 Å². The van der Waals surface area contributed by atoms with E-state index in [1.807, 2.05) is 6.08 Å². The Morgan fingerprint density at radius 2 is 1.71 bits per heavy atom. The number of nitrogens with zero attached hydrogens (tertiary/aromatic N) is 1. The molecule has 158 valence electrons. The lowest BCUT2D eigenvalue weighted by Crippen LogP contribution is -2.51. The first-order valence-corrected chi connectivity index (χ1v) is 10.0.